The topological polar surface area (TPSA) is 58.6 Å². The third-order valence-corrected chi connectivity index (χ3v) is 4.68. The fourth-order valence-electron chi connectivity index (χ4n) is 3.43. The van der Waals surface area contributed by atoms with Gasteiger partial charge in [-0.15, -0.1) is 0 Å². The summed E-state index contributed by atoms with van der Waals surface area (Å²) in [6.07, 6.45) is 5.01. The Morgan fingerprint density at radius 2 is 1.96 bits per heavy atom. The SMILES string of the molecule is O=C1CC(c2ccccc2)N(C(=O)COC2CCCC2)CCN1. The standard InChI is InChI=1S/C18H24N2O3/c21-17-12-16(14-6-2-1-3-7-14)20(11-10-19-17)18(22)13-23-15-8-4-5-9-15/h1-3,6-7,15-16H,4-5,8-13H2,(H,19,21). The van der Waals surface area contributed by atoms with Crippen LogP contribution in [-0.4, -0.2) is 42.5 Å². The molecule has 5 heteroatoms. The van der Waals surface area contributed by atoms with Gasteiger partial charge in [-0.1, -0.05) is 43.2 Å². The predicted molar refractivity (Wildman–Crippen MR) is 86.7 cm³/mol. The van der Waals surface area contributed by atoms with Gasteiger partial charge >= 0.3 is 0 Å². The molecule has 1 saturated carbocycles. The van der Waals surface area contributed by atoms with Gasteiger partial charge in [0, 0.05) is 13.1 Å². The first-order valence-corrected chi connectivity index (χ1v) is 8.47. The van der Waals surface area contributed by atoms with Crippen LogP contribution in [0.25, 0.3) is 0 Å². The summed E-state index contributed by atoms with van der Waals surface area (Å²) in [5, 5.41) is 2.85. The van der Waals surface area contributed by atoms with Crippen molar-refractivity contribution in [1.82, 2.24) is 10.2 Å². The monoisotopic (exact) mass is 316 g/mol. The molecule has 1 aromatic carbocycles. The highest BCUT2D eigenvalue weighted by Crippen LogP contribution is 2.26. The lowest BCUT2D eigenvalue weighted by Crippen LogP contribution is -2.39. The number of hydrogen-bond acceptors (Lipinski definition) is 3. The van der Waals surface area contributed by atoms with Crippen LogP contribution in [0.5, 0.6) is 0 Å². The molecule has 1 saturated heterocycles. The molecule has 0 bridgehead atoms. The number of rotatable bonds is 4. The average Bonchev–Trinajstić information content (AvgIpc) is 3.01. The molecule has 1 atom stereocenters. The van der Waals surface area contributed by atoms with Gasteiger partial charge in [0.05, 0.1) is 18.6 Å². The van der Waals surface area contributed by atoms with E-state index in [1.165, 1.54) is 12.8 Å². The maximum absolute atomic E-state index is 12.7. The van der Waals surface area contributed by atoms with E-state index in [4.69, 9.17) is 4.74 Å². The van der Waals surface area contributed by atoms with Crippen molar-refractivity contribution in [3.05, 3.63) is 35.9 Å². The van der Waals surface area contributed by atoms with Gasteiger partial charge in [-0.25, -0.2) is 0 Å². The summed E-state index contributed by atoms with van der Waals surface area (Å²) in [5.74, 6) is -0.0342. The summed E-state index contributed by atoms with van der Waals surface area (Å²) >= 11 is 0. The van der Waals surface area contributed by atoms with Crippen LogP contribution in [0.1, 0.15) is 43.7 Å². The van der Waals surface area contributed by atoms with Crippen molar-refractivity contribution in [2.45, 2.75) is 44.2 Å². The molecule has 1 N–H and O–H groups in total. The number of amides is 2. The van der Waals surface area contributed by atoms with Crippen LogP contribution in [0.4, 0.5) is 0 Å². The van der Waals surface area contributed by atoms with E-state index in [2.05, 4.69) is 5.32 Å². The quantitative estimate of drug-likeness (QED) is 0.925. The van der Waals surface area contributed by atoms with Crippen LogP contribution < -0.4 is 5.32 Å². The van der Waals surface area contributed by atoms with E-state index in [1.807, 2.05) is 30.3 Å². The molecule has 2 aliphatic rings. The lowest BCUT2D eigenvalue weighted by molar-refractivity contribution is -0.140. The smallest absolute Gasteiger partial charge is 0.249 e. The molecular weight excluding hydrogens is 292 g/mol. The van der Waals surface area contributed by atoms with Crippen molar-refractivity contribution in [1.29, 1.82) is 0 Å². The summed E-state index contributed by atoms with van der Waals surface area (Å²) in [6.45, 7) is 1.14. The Balaban J connectivity index is 1.70. The molecule has 5 nitrogen and oxygen atoms in total. The second-order valence-corrected chi connectivity index (χ2v) is 6.29. The van der Waals surface area contributed by atoms with Crippen molar-refractivity contribution >= 4 is 11.8 Å². The zero-order valence-electron chi connectivity index (χ0n) is 13.4. The molecule has 124 valence electrons. The molecule has 0 aromatic heterocycles. The average molecular weight is 316 g/mol. The summed E-state index contributed by atoms with van der Waals surface area (Å²) < 4.78 is 5.77. The number of benzene rings is 1. The van der Waals surface area contributed by atoms with Gasteiger partial charge in [-0.3, -0.25) is 9.59 Å². The molecule has 2 fully saturated rings. The normalized spacial score (nSPS) is 22.7. The minimum Gasteiger partial charge on any atom is -0.368 e. The van der Waals surface area contributed by atoms with Crippen LogP contribution >= 0.6 is 0 Å². The second kappa shape index (κ2) is 7.59. The van der Waals surface area contributed by atoms with Crippen LogP contribution in [-0.2, 0) is 14.3 Å². The van der Waals surface area contributed by atoms with E-state index in [0.29, 0.717) is 19.5 Å². The Bertz CT molecular complexity index is 540. The van der Waals surface area contributed by atoms with E-state index in [9.17, 15) is 9.59 Å². The minimum atomic E-state index is -0.210. The molecule has 1 heterocycles. The second-order valence-electron chi connectivity index (χ2n) is 6.29. The Hall–Kier alpha value is -1.88. The van der Waals surface area contributed by atoms with Gasteiger partial charge in [0.25, 0.3) is 0 Å². The molecule has 1 aromatic rings. The number of carbonyl (C=O) groups is 2. The molecule has 0 spiro atoms. The van der Waals surface area contributed by atoms with E-state index in [0.717, 1.165) is 18.4 Å². The lowest BCUT2D eigenvalue weighted by atomic mass is 10.0. The van der Waals surface area contributed by atoms with Gasteiger partial charge in [0.1, 0.15) is 6.61 Å². The Kier molecular flexibility index (Phi) is 5.28. The Morgan fingerprint density at radius 3 is 2.70 bits per heavy atom. The maximum atomic E-state index is 12.7. The summed E-state index contributed by atoms with van der Waals surface area (Å²) in [7, 11) is 0. The highest BCUT2D eigenvalue weighted by atomic mass is 16.5. The van der Waals surface area contributed by atoms with Crippen LogP contribution in [0, 0.1) is 0 Å². The first-order chi connectivity index (χ1) is 11.2. The number of ether oxygens (including phenoxy) is 1. The van der Waals surface area contributed by atoms with E-state index in [1.54, 1.807) is 4.90 Å². The van der Waals surface area contributed by atoms with Crippen molar-refractivity contribution in [3.8, 4) is 0 Å². The van der Waals surface area contributed by atoms with E-state index >= 15 is 0 Å². The molecule has 1 aliphatic heterocycles. The molecule has 3 rings (SSSR count). The Labute approximate surface area is 137 Å². The largest absolute Gasteiger partial charge is 0.368 e. The zero-order chi connectivity index (χ0) is 16.1. The molecule has 0 radical (unpaired) electrons. The van der Waals surface area contributed by atoms with Crippen molar-refractivity contribution in [2.75, 3.05) is 19.7 Å². The van der Waals surface area contributed by atoms with Gasteiger partial charge in [-0.2, -0.15) is 0 Å². The maximum Gasteiger partial charge on any atom is 0.249 e. The van der Waals surface area contributed by atoms with Crippen molar-refractivity contribution in [3.63, 3.8) is 0 Å². The Morgan fingerprint density at radius 1 is 1.22 bits per heavy atom. The van der Waals surface area contributed by atoms with Gasteiger partial charge in [0.15, 0.2) is 0 Å². The van der Waals surface area contributed by atoms with Crippen LogP contribution in [0.2, 0.25) is 0 Å². The van der Waals surface area contributed by atoms with E-state index < -0.39 is 0 Å². The highest BCUT2D eigenvalue weighted by Gasteiger charge is 2.30. The van der Waals surface area contributed by atoms with Crippen molar-refractivity contribution < 1.29 is 14.3 Å². The van der Waals surface area contributed by atoms with Gasteiger partial charge in [0.2, 0.25) is 11.8 Å². The fraction of sp³-hybridized carbons (Fsp3) is 0.556. The third kappa shape index (κ3) is 4.10. The molecule has 1 unspecified atom stereocenters. The number of nitrogens with one attached hydrogen (secondary N) is 1. The van der Waals surface area contributed by atoms with E-state index in [-0.39, 0.29) is 30.6 Å². The van der Waals surface area contributed by atoms with Gasteiger partial charge < -0.3 is 15.0 Å². The molecule has 2 amide bonds. The summed E-state index contributed by atoms with van der Waals surface area (Å²) in [4.78, 5) is 26.4. The molecular formula is C18H24N2O3. The minimum absolute atomic E-state index is 0.00846. The third-order valence-electron chi connectivity index (χ3n) is 4.68. The number of hydrogen-bond donors (Lipinski definition) is 1. The van der Waals surface area contributed by atoms with Crippen molar-refractivity contribution in [2.24, 2.45) is 0 Å². The zero-order valence-corrected chi connectivity index (χ0v) is 13.4. The highest BCUT2D eigenvalue weighted by molar-refractivity contribution is 5.82. The van der Waals surface area contributed by atoms with Gasteiger partial charge in [-0.05, 0) is 18.4 Å². The summed E-state index contributed by atoms with van der Waals surface area (Å²) in [5.41, 5.74) is 0.999. The van der Waals surface area contributed by atoms with Crippen LogP contribution in [0.3, 0.4) is 0 Å². The predicted octanol–water partition coefficient (Wildman–Crippen LogP) is 2.04. The van der Waals surface area contributed by atoms with Crippen LogP contribution in [0.15, 0.2) is 30.3 Å². The molecule has 23 heavy (non-hydrogen) atoms. The first-order valence-electron chi connectivity index (χ1n) is 8.47. The summed E-state index contributed by atoms with van der Waals surface area (Å²) in [6, 6.07) is 9.56. The number of carbonyl (C=O) groups excluding carboxylic acids is 2. The molecule has 1 aliphatic carbocycles. The first kappa shape index (κ1) is 16.0. The lowest BCUT2D eigenvalue weighted by Gasteiger charge is -2.30. The fourth-order valence-corrected chi connectivity index (χ4v) is 3.43. The number of nitrogens with zero attached hydrogens (tertiary/aromatic N) is 1.